The van der Waals surface area contributed by atoms with Crippen molar-refractivity contribution in [3.8, 4) is 22.6 Å². The van der Waals surface area contributed by atoms with Gasteiger partial charge in [0, 0.05) is 15.8 Å². The van der Waals surface area contributed by atoms with Crippen molar-refractivity contribution in [3.05, 3.63) is 52.6 Å². The maximum atomic E-state index is 12.4. The summed E-state index contributed by atoms with van der Waals surface area (Å²) in [5.74, 6) is 0.0516. The Morgan fingerprint density at radius 1 is 1.20 bits per heavy atom. The number of carbonyl (C=O) groups is 1. The van der Waals surface area contributed by atoms with Crippen molar-refractivity contribution in [3.63, 3.8) is 0 Å². The van der Waals surface area contributed by atoms with Crippen LogP contribution in [-0.2, 0) is 6.54 Å². The molecule has 0 amide bonds. The molecule has 1 N–H and O–H groups in total. The average molecular weight is 424 g/mol. The molecule has 154 valence electrons. The normalized spacial score (nSPS) is 11.1. The Kier molecular flexibility index (Phi) is 5.13. The van der Waals surface area contributed by atoms with E-state index in [1.54, 1.807) is 48.7 Å². The highest BCUT2D eigenvalue weighted by Crippen LogP contribution is 2.42. The number of pyridine rings is 1. The molecule has 8 nitrogen and oxygen atoms in total. The second-order valence-electron chi connectivity index (χ2n) is 6.74. The Balaban J connectivity index is 2.07. The van der Waals surface area contributed by atoms with E-state index < -0.39 is 5.97 Å². The summed E-state index contributed by atoms with van der Waals surface area (Å²) in [5, 5.41) is 15.1. The number of aryl methyl sites for hydroxylation is 2. The first kappa shape index (κ1) is 19.8. The lowest BCUT2D eigenvalue weighted by Gasteiger charge is -2.16. The highest BCUT2D eigenvalue weighted by molar-refractivity contribution is 7.18. The molecule has 0 saturated carbocycles. The summed E-state index contributed by atoms with van der Waals surface area (Å²) < 4.78 is 12.4. The van der Waals surface area contributed by atoms with Gasteiger partial charge in [-0.05, 0) is 37.1 Å². The first-order valence-electron chi connectivity index (χ1n) is 9.15. The number of carboxylic acid groups (broad SMARTS) is 1. The molecule has 0 saturated heterocycles. The average Bonchev–Trinajstić information content (AvgIpc) is 3.34. The van der Waals surface area contributed by atoms with Gasteiger partial charge in [-0.1, -0.05) is 6.07 Å². The van der Waals surface area contributed by atoms with Gasteiger partial charge in [0.1, 0.15) is 17.5 Å². The Morgan fingerprint density at radius 3 is 2.60 bits per heavy atom. The fraction of sp³-hybridized carbons (Fsp3) is 0.238. The number of nitrogens with zero attached hydrogens (tertiary/aromatic N) is 4. The number of aromatic carboxylic acids is 1. The van der Waals surface area contributed by atoms with Crippen molar-refractivity contribution >= 4 is 27.5 Å². The standard InChI is InChI=1S/C21H20N4O4S/c1-11-12(2)30-20-17(11)18(13-5-6-15(28-3)16(7-13)29-4)19(21(26)27)14(24-20)8-25-10-22-9-23-25/h5-7,9-10H,8H2,1-4H3,(H,26,27). The Bertz CT molecular complexity index is 1250. The highest BCUT2D eigenvalue weighted by atomic mass is 32.1. The van der Waals surface area contributed by atoms with E-state index in [-0.39, 0.29) is 12.1 Å². The van der Waals surface area contributed by atoms with Crippen LogP contribution in [0.25, 0.3) is 21.3 Å². The van der Waals surface area contributed by atoms with Crippen LogP contribution >= 0.6 is 11.3 Å². The zero-order valence-corrected chi connectivity index (χ0v) is 17.8. The number of aromatic nitrogens is 4. The van der Waals surface area contributed by atoms with Crippen molar-refractivity contribution in [1.82, 2.24) is 19.7 Å². The van der Waals surface area contributed by atoms with Crippen LogP contribution in [0.4, 0.5) is 0 Å². The minimum absolute atomic E-state index is 0.145. The minimum atomic E-state index is -1.05. The van der Waals surface area contributed by atoms with Crippen LogP contribution in [0.5, 0.6) is 11.5 Å². The molecule has 0 unspecified atom stereocenters. The van der Waals surface area contributed by atoms with Crippen molar-refractivity contribution in [1.29, 1.82) is 0 Å². The van der Waals surface area contributed by atoms with Gasteiger partial charge in [-0.2, -0.15) is 5.10 Å². The van der Waals surface area contributed by atoms with E-state index in [0.29, 0.717) is 22.8 Å². The van der Waals surface area contributed by atoms with Crippen LogP contribution in [0.2, 0.25) is 0 Å². The third kappa shape index (κ3) is 3.26. The van der Waals surface area contributed by atoms with E-state index in [0.717, 1.165) is 26.2 Å². The number of hydrogen-bond acceptors (Lipinski definition) is 7. The molecule has 0 bridgehead atoms. The molecule has 1 aromatic carbocycles. The number of rotatable bonds is 6. The number of methoxy groups -OCH3 is 2. The van der Waals surface area contributed by atoms with E-state index in [1.807, 2.05) is 19.9 Å². The molecule has 0 aliphatic heterocycles. The summed E-state index contributed by atoms with van der Waals surface area (Å²) in [7, 11) is 3.12. The van der Waals surface area contributed by atoms with E-state index in [2.05, 4.69) is 10.1 Å². The third-order valence-electron chi connectivity index (χ3n) is 5.06. The molecule has 0 fully saturated rings. The summed E-state index contributed by atoms with van der Waals surface area (Å²) in [4.78, 5) is 23.0. The van der Waals surface area contributed by atoms with Crippen LogP contribution in [0, 0.1) is 13.8 Å². The zero-order valence-electron chi connectivity index (χ0n) is 17.0. The van der Waals surface area contributed by atoms with Gasteiger partial charge in [0.25, 0.3) is 0 Å². The lowest BCUT2D eigenvalue weighted by atomic mass is 9.93. The number of thiophene rings is 1. The summed E-state index contributed by atoms with van der Waals surface area (Å²) in [6.45, 7) is 4.20. The molecular weight excluding hydrogens is 404 g/mol. The highest BCUT2D eigenvalue weighted by Gasteiger charge is 2.25. The molecule has 0 aliphatic rings. The molecule has 0 radical (unpaired) electrons. The maximum absolute atomic E-state index is 12.4. The Hall–Kier alpha value is -3.46. The molecule has 3 aromatic heterocycles. The zero-order chi connectivity index (χ0) is 21.4. The topological polar surface area (TPSA) is 99.4 Å². The predicted octanol–water partition coefficient (Wildman–Crippen LogP) is 3.94. The quantitative estimate of drug-likeness (QED) is 0.500. The fourth-order valence-corrected chi connectivity index (χ4v) is 4.58. The third-order valence-corrected chi connectivity index (χ3v) is 6.16. The van der Waals surface area contributed by atoms with Crippen LogP contribution in [0.3, 0.4) is 0 Å². The number of ether oxygens (including phenoxy) is 2. The lowest BCUT2D eigenvalue weighted by Crippen LogP contribution is -2.12. The molecular formula is C21H20N4O4S. The van der Waals surface area contributed by atoms with Crippen molar-refractivity contribution in [2.75, 3.05) is 14.2 Å². The van der Waals surface area contributed by atoms with Gasteiger partial charge in [0.15, 0.2) is 11.5 Å². The van der Waals surface area contributed by atoms with Gasteiger partial charge in [-0.25, -0.2) is 19.4 Å². The molecule has 4 rings (SSSR count). The summed E-state index contributed by atoms with van der Waals surface area (Å²) in [6, 6.07) is 5.41. The van der Waals surface area contributed by atoms with Crippen molar-refractivity contribution in [2.24, 2.45) is 0 Å². The maximum Gasteiger partial charge on any atom is 0.338 e. The molecule has 3 heterocycles. The smallest absolute Gasteiger partial charge is 0.338 e. The number of fused-ring (bicyclic) bond motifs is 1. The number of carboxylic acids is 1. The SMILES string of the molecule is COc1ccc(-c2c(C(=O)O)c(Cn3cncn3)nc3sc(C)c(C)c23)cc1OC. The molecule has 0 atom stereocenters. The molecule has 0 aliphatic carbocycles. The van der Waals surface area contributed by atoms with Gasteiger partial charge in [0.2, 0.25) is 0 Å². The van der Waals surface area contributed by atoms with Gasteiger partial charge in [-0.15, -0.1) is 11.3 Å². The van der Waals surface area contributed by atoms with Crippen LogP contribution in [-0.4, -0.2) is 45.0 Å². The van der Waals surface area contributed by atoms with E-state index in [9.17, 15) is 9.90 Å². The van der Waals surface area contributed by atoms with Crippen LogP contribution in [0.1, 0.15) is 26.5 Å². The Morgan fingerprint density at radius 2 is 1.97 bits per heavy atom. The van der Waals surface area contributed by atoms with Gasteiger partial charge in [-0.3, -0.25) is 0 Å². The predicted molar refractivity (Wildman–Crippen MR) is 114 cm³/mol. The van der Waals surface area contributed by atoms with Gasteiger partial charge in [0.05, 0.1) is 32.0 Å². The summed E-state index contributed by atoms with van der Waals surface area (Å²) in [6.07, 6.45) is 2.95. The monoisotopic (exact) mass is 424 g/mol. The van der Waals surface area contributed by atoms with E-state index in [1.165, 1.54) is 6.33 Å². The minimum Gasteiger partial charge on any atom is -0.493 e. The van der Waals surface area contributed by atoms with Gasteiger partial charge < -0.3 is 14.6 Å². The molecule has 0 spiro atoms. The molecule has 30 heavy (non-hydrogen) atoms. The first-order chi connectivity index (χ1) is 14.4. The number of benzene rings is 1. The van der Waals surface area contributed by atoms with E-state index >= 15 is 0 Å². The largest absolute Gasteiger partial charge is 0.493 e. The fourth-order valence-electron chi connectivity index (χ4n) is 3.52. The van der Waals surface area contributed by atoms with Crippen LogP contribution in [0.15, 0.2) is 30.9 Å². The van der Waals surface area contributed by atoms with Crippen molar-refractivity contribution < 1.29 is 19.4 Å². The van der Waals surface area contributed by atoms with Gasteiger partial charge >= 0.3 is 5.97 Å². The molecule has 9 heteroatoms. The van der Waals surface area contributed by atoms with Crippen LogP contribution < -0.4 is 9.47 Å². The first-order valence-corrected chi connectivity index (χ1v) is 9.97. The summed E-state index contributed by atoms with van der Waals surface area (Å²) in [5.41, 5.74) is 2.92. The second kappa shape index (κ2) is 7.75. The van der Waals surface area contributed by atoms with E-state index in [4.69, 9.17) is 14.5 Å². The molecule has 4 aromatic rings. The Labute approximate surface area is 176 Å². The second-order valence-corrected chi connectivity index (χ2v) is 7.94. The number of hydrogen-bond donors (Lipinski definition) is 1. The lowest BCUT2D eigenvalue weighted by molar-refractivity contribution is 0.0696. The van der Waals surface area contributed by atoms with Crippen molar-refractivity contribution in [2.45, 2.75) is 20.4 Å². The summed E-state index contributed by atoms with van der Waals surface area (Å²) >= 11 is 1.55.